The summed E-state index contributed by atoms with van der Waals surface area (Å²) in [6, 6.07) is 6.96. The summed E-state index contributed by atoms with van der Waals surface area (Å²) >= 11 is 0. The van der Waals surface area contributed by atoms with Crippen LogP contribution in [0.4, 0.5) is 13.2 Å². The zero-order valence-electron chi connectivity index (χ0n) is 8.66. The SMILES string of the molecule is O=C(OC1CCc2ccccc2O1)C(F)(F)F. The van der Waals surface area contributed by atoms with Crippen molar-refractivity contribution in [3.05, 3.63) is 29.8 Å². The van der Waals surface area contributed by atoms with Gasteiger partial charge in [0.05, 0.1) is 0 Å². The fourth-order valence-electron chi connectivity index (χ4n) is 1.57. The number of carbonyl (C=O) groups is 1. The molecule has 0 saturated carbocycles. The van der Waals surface area contributed by atoms with Crippen LogP contribution in [-0.4, -0.2) is 18.4 Å². The summed E-state index contributed by atoms with van der Waals surface area (Å²) in [5.41, 5.74) is 0.895. The van der Waals surface area contributed by atoms with Gasteiger partial charge in [0.25, 0.3) is 0 Å². The first-order valence-corrected chi connectivity index (χ1v) is 4.99. The van der Waals surface area contributed by atoms with Crippen LogP contribution in [-0.2, 0) is 16.0 Å². The van der Waals surface area contributed by atoms with E-state index in [0.29, 0.717) is 12.2 Å². The van der Waals surface area contributed by atoms with Gasteiger partial charge in [-0.2, -0.15) is 13.2 Å². The number of para-hydroxylation sites is 1. The number of fused-ring (bicyclic) bond motifs is 1. The van der Waals surface area contributed by atoms with Crippen LogP contribution in [0.15, 0.2) is 24.3 Å². The number of benzene rings is 1. The number of alkyl halides is 3. The molecular formula is C11H9F3O3. The standard InChI is InChI=1S/C11H9F3O3/c12-11(13,14)10(15)17-9-6-5-7-3-1-2-4-8(7)16-9/h1-4,9H,5-6H2. The van der Waals surface area contributed by atoms with Crippen molar-refractivity contribution in [2.45, 2.75) is 25.3 Å². The van der Waals surface area contributed by atoms with Gasteiger partial charge in [0.15, 0.2) is 0 Å². The first kappa shape index (κ1) is 11.8. The van der Waals surface area contributed by atoms with E-state index in [1.165, 1.54) is 0 Å². The Bertz CT molecular complexity index is 428. The number of hydrogen-bond acceptors (Lipinski definition) is 3. The number of ether oxygens (including phenoxy) is 2. The van der Waals surface area contributed by atoms with Crippen molar-refractivity contribution < 1.29 is 27.4 Å². The summed E-state index contributed by atoms with van der Waals surface area (Å²) in [6.07, 6.45) is -5.41. The monoisotopic (exact) mass is 246 g/mol. The lowest BCUT2D eigenvalue weighted by Gasteiger charge is -2.25. The van der Waals surface area contributed by atoms with Crippen molar-refractivity contribution in [2.75, 3.05) is 0 Å². The zero-order valence-corrected chi connectivity index (χ0v) is 8.66. The van der Waals surface area contributed by atoms with Gasteiger partial charge in [-0.3, -0.25) is 0 Å². The maximum atomic E-state index is 12.0. The second-order valence-electron chi connectivity index (χ2n) is 3.60. The van der Waals surface area contributed by atoms with Gasteiger partial charge in [-0.15, -0.1) is 0 Å². The van der Waals surface area contributed by atoms with Gasteiger partial charge in [0.1, 0.15) is 5.75 Å². The Hall–Kier alpha value is -1.72. The molecule has 0 amide bonds. The second kappa shape index (κ2) is 4.27. The zero-order chi connectivity index (χ0) is 12.5. The number of rotatable bonds is 1. The third-order valence-corrected chi connectivity index (χ3v) is 2.35. The summed E-state index contributed by atoms with van der Waals surface area (Å²) < 4.78 is 45.3. The third kappa shape index (κ3) is 2.69. The molecule has 0 bridgehead atoms. The van der Waals surface area contributed by atoms with E-state index < -0.39 is 18.4 Å². The van der Waals surface area contributed by atoms with Crippen LogP contribution < -0.4 is 4.74 Å². The van der Waals surface area contributed by atoms with Crippen molar-refractivity contribution in [3.63, 3.8) is 0 Å². The van der Waals surface area contributed by atoms with E-state index in [1.807, 2.05) is 12.1 Å². The van der Waals surface area contributed by atoms with Crippen molar-refractivity contribution >= 4 is 5.97 Å². The largest absolute Gasteiger partial charge is 0.491 e. The molecule has 0 N–H and O–H groups in total. The molecule has 1 aliphatic rings. The highest BCUT2D eigenvalue weighted by Gasteiger charge is 2.43. The van der Waals surface area contributed by atoms with Gasteiger partial charge in [0.2, 0.25) is 6.29 Å². The summed E-state index contributed by atoms with van der Waals surface area (Å²) in [7, 11) is 0. The lowest BCUT2D eigenvalue weighted by Crippen LogP contribution is -2.34. The Labute approximate surface area is 95.1 Å². The average molecular weight is 246 g/mol. The maximum absolute atomic E-state index is 12.0. The molecule has 0 saturated heterocycles. The minimum Gasteiger partial charge on any atom is -0.454 e. The first-order chi connectivity index (χ1) is 7.97. The highest BCUT2D eigenvalue weighted by atomic mass is 19.4. The molecule has 1 aromatic rings. The second-order valence-corrected chi connectivity index (χ2v) is 3.60. The predicted molar refractivity (Wildman–Crippen MR) is 51.3 cm³/mol. The predicted octanol–water partition coefficient (Wildman–Crippen LogP) is 2.44. The highest BCUT2D eigenvalue weighted by molar-refractivity contribution is 5.75. The quantitative estimate of drug-likeness (QED) is 0.714. The summed E-state index contributed by atoms with van der Waals surface area (Å²) in [5, 5.41) is 0. The van der Waals surface area contributed by atoms with Gasteiger partial charge in [-0.1, -0.05) is 18.2 Å². The molecule has 3 nitrogen and oxygen atoms in total. The van der Waals surface area contributed by atoms with E-state index in [9.17, 15) is 18.0 Å². The van der Waals surface area contributed by atoms with Gasteiger partial charge < -0.3 is 9.47 Å². The van der Waals surface area contributed by atoms with Crippen LogP contribution in [0.2, 0.25) is 0 Å². The molecular weight excluding hydrogens is 237 g/mol. The first-order valence-electron chi connectivity index (χ1n) is 4.99. The van der Waals surface area contributed by atoms with Gasteiger partial charge in [0, 0.05) is 6.42 Å². The molecule has 1 atom stereocenters. The molecule has 6 heteroatoms. The fraction of sp³-hybridized carbons (Fsp3) is 0.364. The minimum atomic E-state index is -4.99. The molecule has 1 aromatic carbocycles. The molecule has 1 aliphatic heterocycles. The van der Waals surface area contributed by atoms with Gasteiger partial charge >= 0.3 is 12.1 Å². The molecule has 1 heterocycles. The van der Waals surface area contributed by atoms with Crippen LogP contribution in [0, 0.1) is 0 Å². The average Bonchev–Trinajstić information content (AvgIpc) is 2.27. The third-order valence-electron chi connectivity index (χ3n) is 2.35. The number of halogens is 3. The number of esters is 1. The Morgan fingerprint density at radius 2 is 2.06 bits per heavy atom. The Balaban J connectivity index is 2.01. The molecule has 0 spiro atoms. The van der Waals surface area contributed by atoms with E-state index in [0.717, 1.165) is 5.56 Å². The molecule has 0 radical (unpaired) electrons. The van der Waals surface area contributed by atoms with Crippen LogP contribution >= 0.6 is 0 Å². The number of hydrogen-bond donors (Lipinski definition) is 0. The summed E-state index contributed by atoms with van der Waals surface area (Å²) in [4.78, 5) is 10.6. The Kier molecular flexibility index (Phi) is 2.95. The van der Waals surface area contributed by atoms with Crippen molar-refractivity contribution in [1.29, 1.82) is 0 Å². The van der Waals surface area contributed by atoms with Crippen LogP contribution in [0.5, 0.6) is 5.75 Å². The van der Waals surface area contributed by atoms with Crippen LogP contribution in [0.3, 0.4) is 0 Å². The molecule has 0 aromatic heterocycles. The van der Waals surface area contributed by atoms with Crippen LogP contribution in [0.25, 0.3) is 0 Å². The van der Waals surface area contributed by atoms with E-state index in [1.54, 1.807) is 12.1 Å². The number of aryl methyl sites for hydroxylation is 1. The molecule has 92 valence electrons. The van der Waals surface area contributed by atoms with Crippen LogP contribution in [0.1, 0.15) is 12.0 Å². The lowest BCUT2D eigenvalue weighted by atomic mass is 10.1. The Morgan fingerprint density at radius 3 is 2.76 bits per heavy atom. The number of carbonyl (C=O) groups excluding carboxylic acids is 1. The fourth-order valence-corrected chi connectivity index (χ4v) is 1.57. The topological polar surface area (TPSA) is 35.5 Å². The van der Waals surface area contributed by atoms with Crippen molar-refractivity contribution in [1.82, 2.24) is 0 Å². The molecule has 1 unspecified atom stereocenters. The van der Waals surface area contributed by atoms with E-state index in [4.69, 9.17) is 4.74 Å². The van der Waals surface area contributed by atoms with E-state index in [2.05, 4.69) is 4.74 Å². The van der Waals surface area contributed by atoms with Crippen molar-refractivity contribution in [2.24, 2.45) is 0 Å². The summed E-state index contributed by atoms with van der Waals surface area (Å²) in [5.74, 6) is -1.76. The highest BCUT2D eigenvalue weighted by Crippen LogP contribution is 2.28. The lowest BCUT2D eigenvalue weighted by molar-refractivity contribution is -0.217. The van der Waals surface area contributed by atoms with Crippen molar-refractivity contribution in [3.8, 4) is 5.75 Å². The Morgan fingerprint density at radius 1 is 1.35 bits per heavy atom. The van der Waals surface area contributed by atoms with Gasteiger partial charge in [-0.05, 0) is 18.1 Å². The minimum absolute atomic E-state index is 0.221. The molecule has 0 aliphatic carbocycles. The normalized spacial score (nSPS) is 19.1. The van der Waals surface area contributed by atoms with E-state index >= 15 is 0 Å². The molecule has 2 rings (SSSR count). The molecule has 17 heavy (non-hydrogen) atoms. The molecule has 0 fully saturated rings. The maximum Gasteiger partial charge on any atom is 0.491 e. The van der Waals surface area contributed by atoms with E-state index in [-0.39, 0.29) is 6.42 Å². The summed E-state index contributed by atoms with van der Waals surface area (Å²) in [6.45, 7) is 0. The van der Waals surface area contributed by atoms with Gasteiger partial charge in [-0.25, -0.2) is 4.79 Å². The smallest absolute Gasteiger partial charge is 0.454 e.